The van der Waals surface area contributed by atoms with Gasteiger partial charge in [0.1, 0.15) is 0 Å². The highest BCUT2D eigenvalue weighted by Crippen LogP contribution is 2.34. The van der Waals surface area contributed by atoms with Crippen molar-refractivity contribution in [3.8, 4) is 0 Å². The largest absolute Gasteiger partial charge is 0.332 e. The molecule has 2 aliphatic heterocycles. The Labute approximate surface area is 128 Å². The van der Waals surface area contributed by atoms with Crippen molar-refractivity contribution in [2.75, 3.05) is 19.6 Å². The van der Waals surface area contributed by atoms with E-state index >= 15 is 0 Å². The van der Waals surface area contributed by atoms with Crippen LogP contribution in [0.2, 0.25) is 0 Å². The second-order valence-corrected chi connectivity index (χ2v) is 6.46. The second kappa shape index (κ2) is 5.70. The summed E-state index contributed by atoms with van der Waals surface area (Å²) in [5.41, 5.74) is 3.43. The van der Waals surface area contributed by atoms with Crippen LogP contribution in [-0.2, 0) is 4.79 Å². The lowest BCUT2D eigenvalue weighted by atomic mass is 10.0. The molecule has 3 rings (SSSR count). The van der Waals surface area contributed by atoms with Gasteiger partial charge in [0.05, 0.1) is 6.04 Å². The first-order valence-electron chi connectivity index (χ1n) is 7.12. The molecule has 0 radical (unpaired) electrons. The molecule has 1 N–H and O–H groups in total. The molecule has 2 heterocycles. The van der Waals surface area contributed by atoms with E-state index in [0.717, 1.165) is 42.5 Å². The summed E-state index contributed by atoms with van der Waals surface area (Å²) in [4.78, 5) is 14.7. The maximum atomic E-state index is 12.7. The van der Waals surface area contributed by atoms with Crippen LogP contribution in [-0.4, -0.2) is 30.4 Å². The average molecular weight is 335 g/mol. The van der Waals surface area contributed by atoms with Crippen LogP contribution < -0.4 is 5.32 Å². The van der Waals surface area contributed by atoms with Crippen LogP contribution >= 0.6 is 15.9 Å². The highest BCUT2D eigenvalue weighted by atomic mass is 79.9. The second-order valence-electron chi connectivity index (χ2n) is 5.54. The van der Waals surface area contributed by atoms with E-state index in [1.54, 1.807) is 0 Å². The van der Waals surface area contributed by atoms with Crippen LogP contribution in [0.5, 0.6) is 0 Å². The van der Waals surface area contributed by atoms with Crippen LogP contribution in [0.1, 0.15) is 31.4 Å². The molecular formula is C16H19BrN2O. The van der Waals surface area contributed by atoms with Gasteiger partial charge in [-0.2, -0.15) is 0 Å². The number of nitrogens with zero attached hydrogens (tertiary/aromatic N) is 1. The number of nitrogens with one attached hydrogen (secondary N) is 1. The van der Waals surface area contributed by atoms with Gasteiger partial charge in [-0.1, -0.05) is 28.1 Å². The molecule has 2 saturated heterocycles. The first-order valence-corrected chi connectivity index (χ1v) is 7.92. The zero-order valence-corrected chi connectivity index (χ0v) is 13.2. The SMILES string of the molecule is CC(C(=O)N1CCCC1c1cccc(Br)c1)=C1CNC1. The fraction of sp³-hybridized carbons (Fsp3) is 0.438. The van der Waals surface area contributed by atoms with Gasteiger partial charge in [0.25, 0.3) is 0 Å². The van der Waals surface area contributed by atoms with Gasteiger partial charge in [0.2, 0.25) is 5.91 Å². The number of carbonyl (C=O) groups is 1. The molecule has 0 bridgehead atoms. The van der Waals surface area contributed by atoms with E-state index in [4.69, 9.17) is 0 Å². The Morgan fingerprint density at radius 3 is 2.85 bits per heavy atom. The number of hydrogen-bond acceptors (Lipinski definition) is 2. The molecule has 1 amide bonds. The van der Waals surface area contributed by atoms with Crippen LogP contribution in [0.25, 0.3) is 0 Å². The summed E-state index contributed by atoms with van der Waals surface area (Å²) in [6.07, 6.45) is 2.15. The number of carbonyl (C=O) groups excluding carboxylic acids is 1. The summed E-state index contributed by atoms with van der Waals surface area (Å²) in [7, 11) is 0. The highest BCUT2D eigenvalue weighted by Gasteiger charge is 2.31. The summed E-state index contributed by atoms with van der Waals surface area (Å²) in [6, 6.07) is 8.54. The lowest BCUT2D eigenvalue weighted by molar-refractivity contribution is -0.128. The Morgan fingerprint density at radius 2 is 2.20 bits per heavy atom. The molecule has 1 unspecified atom stereocenters. The molecule has 2 aliphatic rings. The maximum absolute atomic E-state index is 12.7. The van der Waals surface area contributed by atoms with E-state index < -0.39 is 0 Å². The molecule has 1 aromatic rings. The predicted octanol–water partition coefficient (Wildman–Crippen LogP) is 3.03. The van der Waals surface area contributed by atoms with Crippen LogP contribution in [0.4, 0.5) is 0 Å². The third-order valence-corrected chi connectivity index (χ3v) is 4.77. The lowest BCUT2D eigenvalue weighted by Gasteiger charge is -2.28. The molecule has 0 aliphatic carbocycles. The van der Waals surface area contributed by atoms with E-state index in [0.29, 0.717) is 0 Å². The number of likely N-dealkylation sites (tertiary alicyclic amines) is 1. The minimum absolute atomic E-state index is 0.212. The molecule has 3 nitrogen and oxygen atoms in total. The molecule has 2 fully saturated rings. The van der Waals surface area contributed by atoms with Gasteiger partial charge >= 0.3 is 0 Å². The van der Waals surface area contributed by atoms with E-state index in [1.807, 2.05) is 24.0 Å². The van der Waals surface area contributed by atoms with E-state index in [1.165, 1.54) is 11.1 Å². The first kappa shape index (κ1) is 13.8. The smallest absolute Gasteiger partial charge is 0.250 e. The molecule has 4 heteroatoms. The predicted molar refractivity (Wildman–Crippen MR) is 83.4 cm³/mol. The van der Waals surface area contributed by atoms with Crippen LogP contribution in [0.15, 0.2) is 39.9 Å². The van der Waals surface area contributed by atoms with Crippen molar-refractivity contribution in [1.29, 1.82) is 0 Å². The van der Waals surface area contributed by atoms with Gasteiger partial charge in [-0.3, -0.25) is 4.79 Å². The van der Waals surface area contributed by atoms with Crippen molar-refractivity contribution in [3.05, 3.63) is 45.4 Å². The summed E-state index contributed by atoms with van der Waals surface area (Å²) in [6.45, 7) is 4.57. The Balaban J connectivity index is 1.84. The van der Waals surface area contributed by atoms with Crippen LogP contribution in [0, 0.1) is 0 Å². The van der Waals surface area contributed by atoms with Crippen molar-refractivity contribution in [3.63, 3.8) is 0 Å². The standard InChI is InChI=1S/C16H19BrN2O/c1-11(13-9-18-10-13)16(20)19-7-3-6-15(19)12-4-2-5-14(17)8-12/h2,4-5,8,15,18H,3,6-7,9-10H2,1H3. The fourth-order valence-electron chi connectivity index (χ4n) is 2.95. The Hall–Kier alpha value is -1.13. The van der Waals surface area contributed by atoms with Crippen molar-refractivity contribution in [2.45, 2.75) is 25.8 Å². The van der Waals surface area contributed by atoms with Crippen LogP contribution in [0.3, 0.4) is 0 Å². The van der Waals surface area contributed by atoms with Crippen molar-refractivity contribution >= 4 is 21.8 Å². The number of rotatable bonds is 2. The van der Waals surface area contributed by atoms with Crippen molar-refractivity contribution < 1.29 is 4.79 Å². The normalized spacial score (nSPS) is 21.8. The molecule has 0 saturated carbocycles. The van der Waals surface area contributed by atoms with E-state index in [9.17, 15) is 4.79 Å². The average Bonchev–Trinajstić information content (AvgIpc) is 2.84. The minimum atomic E-state index is 0.212. The first-order chi connectivity index (χ1) is 9.66. The summed E-state index contributed by atoms with van der Waals surface area (Å²) >= 11 is 3.52. The third-order valence-electron chi connectivity index (χ3n) is 4.28. The zero-order valence-electron chi connectivity index (χ0n) is 11.7. The van der Waals surface area contributed by atoms with Gasteiger partial charge in [-0.25, -0.2) is 0 Å². The molecule has 0 aromatic heterocycles. The molecular weight excluding hydrogens is 316 g/mol. The van der Waals surface area contributed by atoms with Gasteiger partial charge in [0.15, 0.2) is 0 Å². The zero-order chi connectivity index (χ0) is 14.1. The van der Waals surface area contributed by atoms with Gasteiger partial charge in [0, 0.05) is 29.7 Å². The van der Waals surface area contributed by atoms with Gasteiger partial charge in [-0.05, 0) is 43.0 Å². The van der Waals surface area contributed by atoms with Gasteiger partial charge in [-0.15, -0.1) is 0 Å². The topological polar surface area (TPSA) is 32.3 Å². The Morgan fingerprint density at radius 1 is 1.40 bits per heavy atom. The lowest BCUT2D eigenvalue weighted by Crippen LogP contribution is -2.39. The van der Waals surface area contributed by atoms with Crippen molar-refractivity contribution in [1.82, 2.24) is 10.2 Å². The fourth-order valence-corrected chi connectivity index (χ4v) is 3.37. The summed E-state index contributed by atoms with van der Waals surface area (Å²) < 4.78 is 1.08. The van der Waals surface area contributed by atoms with E-state index in [2.05, 4.69) is 33.4 Å². The number of hydrogen-bond donors (Lipinski definition) is 1. The molecule has 20 heavy (non-hydrogen) atoms. The number of amides is 1. The maximum Gasteiger partial charge on any atom is 0.250 e. The summed E-state index contributed by atoms with van der Waals surface area (Å²) in [5.74, 6) is 0.212. The molecule has 106 valence electrons. The summed E-state index contributed by atoms with van der Waals surface area (Å²) in [5, 5.41) is 3.20. The number of benzene rings is 1. The molecule has 0 spiro atoms. The van der Waals surface area contributed by atoms with Crippen molar-refractivity contribution in [2.24, 2.45) is 0 Å². The van der Waals surface area contributed by atoms with Gasteiger partial charge < -0.3 is 10.2 Å². The molecule has 1 aromatic carbocycles. The molecule has 1 atom stereocenters. The third kappa shape index (κ3) is 2.54. The Kier molecular flexibility index (Phi) is 3.94. The minimum Gasteiger partial charge on any atom is -0.332 e. The monoisotopic (exact) mass is 334 g/mol. The number of halogens is 1. The Bertz CT molecular complexity index is 561. The quantitative estimate of drug-likeness (QED) is 0.843. The van der Waals surface area contributed by atoms with E-state index in [-0.39, 0.29) is 11.9 Å². The highest BCUT2D eigenvalue weighted by molar-refractivity contribution is 9.10.